The molecule has 0 saturated heterocycles. The van der Waals surface area contributed by atoms with Crippen LogP contribution in [0, 0.1) is 0 Å². The lowest BCUT2D eigenvalue weighted by atomic mass is 10.3. The van der Waals surface area contributed by atoms with Crippen molar-refractivity contribution in [2.24, 2.45) is 0 Å². The Hall–Kier alpha value is -1.53. The summed E-state index contributed by atoms with van der Waals surface area (Å²) >= 11 is 7.40. The van der Waals surface area contributed by atoms with Gasteiger partial charge in [0.05, 0.1) is 19.2 Å². The normalized spacial score (nSPS) is 10.4. The second-order valence-corrected chi connectivity index (χ2v) is 5.14. The van der Waals surface area contributed by atoms with Crippen LogP contribution in [0.1, 0.15) is 6.42 Å². The molecule has 0 unspecified atom stereocenters. The molecule has 0 spiro atoms. The standard InChI is InChI=1S/C12H12ClN3O2S/c1-18-11(17)5-6-19-12-15-14-8-16(12)10-4-2-3-9(13)7-10/h2-4,7-8H,5-6H2,1H3. The lowest BCUT2D eigenvalue weighted by Crippen LogP contribution is -2.02. The zero-order chi connectivity index (χ0) is 13.7. The number of ether oxygens (including phenoxy) is 1. The Bertz CT molecular complexity index is 574. The van der Waals surface area contributed by atoms with Crippen LogP contribution in [-0.4, -0.2) is 33.6 Å². The summed E-state index contributed by atoms with van der Waals surface area (Å²) in [7, 11) is 1.38. The van der Waals surface area contributed by atoms with Crippen molar-refractivity contribution in [3.05, 3.63) is 35.6 Å². The number of esters is 1. The van der Waals surface area contributed by atoms with Crippen molar-refractivity contribution in [3.8, 4) is 5.69 Å². The molecule has 2 aromatic rings. The van der Waals surface area contributed by atoms with Crippen LogP contribution in [0.15, 0.2) is 35.7 Å². The highest BCUT2D eigenvalue weighted by Gasteiger charge is 2.09. The fourth-order valence-corrected chi connectivity index (χ4v) is 2.49. The monoisotopic (exact) mass is 297 g/mol. The van der Waals surface area contributed by atoms with E-state index in [4.69, 9.17) is 11.6 Å². The third-order valence-electron chi connectivity index (χ3n) is 2.37. The first-order valence-corrected chi connectivity index (χ1v) is 6.92. The number of benzene rings is 1. The molecule has 7 heteroatoms. The van der Waals surface area contributed by atoms with Crippen molar-refractivity contribution < 1.29 is 9.53 Å². The summed E-state index contributed by atoms with van der Waals surface area (Å²) in [6.45, 7) is 0. The molecule has 0 aliphatic rings. The molecule has 1 aromatic heterocycles. The zero-order valence-electron chi connectivity index (χ0n) is 10.2. The van der Waals surface area contributed by atoms with Crippen LogP contribution < -0.4 is 0 Å². The number of hydrogen-bond donors (Lipinski definition) is 0. The first kappa shape index (κ1) is 13.9. The van der Waals surface area contributed by atoms with Gasteiger partial charge in [0.1, 0.15) is 6.33 Å². The van der Waals surface area contributed by atoms with E-state index in [2.05, 4.69) is 14.9 Å². The Balaban J connectivity index is 2.08. The predicted octanol–water partition coefficient (Wildman–Crippen LogP) is 2.58. The van der Waals surface area contributed by atoms with E-state index < -0.39 is 0 Å². The summed E-state index contributed by atoms with van der Waals surface area (Å²) < 4.78 is 6.41. The summed E-state index contributed by atoms with van der Waals surface area (Å²) in [4.78, 5) is 11.0. The largest absolute Gasteiger partial charge is 0.469 e. The molecule has 0 radical (unpaired) electrons. The maximum atomic E-state index is 11.0. The van der Waals surface area contributed by atoms with Gasteiger partial charge < -0.3 is 4.74 Å². The molecule has 100 valence electrons. The second-order valence-electron chi connectivity index (χ2n) is 3.64. The van der Waals surface area contributed by atoms with E-state index in [-0.39, 0.29) is 5.97 Å². The van der Waals surface area contributed by atoms with Gasteiger partial charge in [0.2, 0.25) is 0 Å². The topological polar surface area (TPSA) is 57.0 Å². The van der Waals surface area contributed by atoms with Crippen LogP contribution in [0.5, 0.6) is 0 Å². The van der Waals surface area contributed by atoms with E-state index in [1.54, 1.807) is 12.4 Å². The highest BCUT2D eigenvalue weighted by atomic mass is 35.5. The van der Waals surface area contributed by atoms with Crippen LogP contribution in [0.3, 0.4) is 0 Å². The van der Waals surface area contributed by atoms with Crippen molar-refractivity contribution in [2.45, 2.75) is 11.6 Å². The number of hydrogen-bond acceptors (Lipinski definition) is 5. The van der Waals surface area contributed by atoms with Gasteiger partial charge in [0, 0.05) is 10.8 Å². The maximum absolute atomic E-state index is 11.0. The van der Waals surface area contributed by atoms with E-state index in [1.807, 2.05) is 22.8 Å². The zero-order valence-corrected chi connectivity index (χ0v) is 11.8. The Morgan fingerprint density at radius 1 is 1.53 bits per heavy atom. The van der Waals surface area contributed by atoms with Crippen LogP contribution in [0.2, 0.25) is 5.02 Å². The first-order valence-electron chi connectivity index (χ1n) is 5.56. The van der Waals surface area contributed by atoms with Gasteiger partial charge in [0.15, 0.2) is 5.16 Å². The maximum Gasteiger partial charge on any atom is 0.306 e. The smallest absolute Gasteiger partial charge is 0.306 e. The van der Waals surface area contributed by atoms with Gasteiger partial charge in [0.25, 0.3) is 0 Å². The number of aromatic nitrogens is 3. The molecule has 1 aromatic carbocycles. The molecule has 0 saturated carbocycles. The third-order valence-corrected chi connectivity index (χ3v) is 3.55. The van der Waals surface area contributed by atoms with Gasteiger partial charge in [-0.1, -0.05) is 29.4 Å². The van der Waals surface area contributed by atoms with Crippen molar-refractivity contribution in [3.63, 3.8) is 0 Å². The van der Waals surface area contributed by atoms with Gasteiger partial charge in [-0.25, -0.2) is 0 Å². The Kier molecular flexibility index (Phi) is 4.81. The van der Waals surface area contributed by atoms with Crippen molar-refractivity contribution in [1.82, 2.24) is 14.8 Å². The minimum absolute atomic E-state index is 0.235. The number of carbonyl (C=O) groups excluding carboxylic acids is 1. The van der Waals surface area contributed by atoms with Crippen LogP contribution in [0.25, 0.3) is 5.69 Å². The molecule has 2 rings (SSSR count). The van der Waals surface area contributed by atoms with E-state index in [0.717, 1.165) is 5.69 Å². The molecule has 0 amide bonds. The highest BCUT2D eigenvalue weighted by molar-refractivity contribution is 7.99. The number of methoxy groups -OCH3 is 1. The summed E-state index contributed by atoms with van der Waals surface area (Å²) in [5.41, 5.74) is 0.887. The minimum Gasteiger partial charge on any atom is -0.469 e. The fourth-order valence-electron chi connectivity index (χ4n) is 1.45. The summed E-state index contributed by atoms with van der Waals surface area (Å²) in [6.07, 6.45) is 1.95. The molecule has 0 aliphatic carbocycles. The minimum atomic E-state index is -0.235. The van der Waals surface area contributed by atoms with Gasteiger partial charge in [-0.05, 0) is 18.2 Å². The Labute approximate surface area is 119 Å². The van der Waals surface area contributed by atoms with Crippen LogP contribution in [0.4, 0.5) is 0 Å². The number of rotatable bonds is 5. The van der Waals surface area contributed by atoms with Gasteiger partial charge in [-0.15, -0.1) is 10.2 Å². The van der Waals surface area contributed by atoms with Gasteiger partial charge in [-0.3, -0.25) is 9.36 Å². The molecular formula is C12H12ClN3O2S. The van der Waals surface area contributed by atoms with E-state index in [0.29, 0.717) is 22.4 Å². The third kappa shape index (κ3) is 3.71. The summed E-state index contributed by atoms with van der Waals surface area (Å²) in [5, 5.41) is 9.27. The molecule has 0 N–H and O–H groups in total. The lowest BCUT2D eigenvalue weighted by Gasteiger charge is -2.06. The van der Waals surface area contributed by atoms with E-state index >= 15 is 0 Å². The molecule has 1 heterocycles. The number of halogens is 1. The number of nitrogens with zero attached hydrogens (tertiary/aromatic N) is 3. The molecule has 0 atom stereocenters. The Morgan fingerprint density at radius 3 is 3.11 bits per heavy atom. The molecule has 5 nitrogen and oxygen atoms in total. The number of thioether (sulfide) groups is 1. The van der Waals surface area contributed by atoms with Crippen molar-refractivity contribution in [2.75, 3.05) is 12.9 Å². The number of carbonyl (C=O) groups is 1. The van der Waals surface area contributed by atoms with Gasteiger partial charge in [-0.2, -0.15) is 0 Å². The van der Waals surface area contributed by atoms with E-state index in [9.17, 15) is 4.79 Å². The quantitative estimate of drug-likeness (QED) is 0.627. The highest BCUT2D eigenvalue weighted by Crippen LogP contribution is 2.22. The first-order chi connectivity index (χ1) is 9.20. The van der Waals surface area contributed by atoms with Crippen LogP contribution >= 0.6 is 23.4 Å². The van der Waals surface area contributed by atoms with Gasteiger partial charge >= 0.3 is 5.97 Å². The SMILES string of the molecule is COC(=O)CCSc1nncn1-c1cccc(Cl)c1. The second kappa shape index (κ2) is 6.58. The summed E-state index contributed by atoms with van der Waals surface area (Å²) in [5.74, 6) is 0.354. The molecule has 19 heavy (non-hydrogen) atoms. The van der Waals surface area contributed by atoms with Crippen LogP contribution in [-0.2, 0) is 9.53 Å². The average molecular weight is 298 g/mol. The molecule has 0 bridgehead atoms. The predicted molar refractivity (Wildman–Crippen MR) is 73.7 cm³/mol. The summed E-state index contributed by atoms with van der Waals surface area (Å²) in [6, 6.07) is 7.41. The molecule has 0 aliphatic heterocycles. The average Bonchev–Trinajstić information content (AvgIpc) is 2.87. The lowest BCUT2D eigenvalue weighted by molar-refractivity contribution is -0.140. The fraction of sp³-hybridized carbons (Fsp3) is 0.250. The molecule has 0 fully saturated rings. The van der Waals surface area contributed by atoms with E-state index in [1.165, 1.54) is 18.9 Å². The van der Waals surface area contributed by atoms with Crippen molar-refractivity contribution >= 4 is 29.3 Å². The Morgan fingerprint density at radius 2 is 2.37 bits per heavy atom. The van der Waals surface area contributed by atoms with Crippen molar-refractivity contribution in [1.29, 1.82) is 0 Å². The molecular weight excluding hydrogens is 286 g/mol.